The van der Waals surface area contributed by atoms with Gasteiger partial charge in [0.1, 0.15) is 24.1 Å². The molecule has 1 fully saturated rings. The Kier molecular flexibility index (Phi) is 6.86. The van der Waals surface area contributed by atoms with Crippen LogP contribution in [0.1, 0.15) is 29.3 Å². The number of halogens is 2. The smallest absolute Gasteiger partial charge is 0.416 e. The van der Waals surface area contributed by atoms with Gasteiger partial charge >= 0.3 is 6.09 Å². The van der Waals surface area contributed by atoms with E-state index in [0.29, 0.717) is 49.3 Å². The molecule has 1 amide bonds. The molecule has 2 atom stereocenters. The Labute approximate surface area is 224 Å². The fourth-order valence-electron chi connectivity index (χ4n) is 5.07. The van der Waals surface area contributed by atoms with Gasteiger partial charge in [-0.05, 0) is 60.4 Å². The highest BCUT2D eigenvalue weighted by molar-refractivity contribution is 6.30. The number of hydrogen-bond donors (Lipinski definition) is 1. The molecule has 6 rings (SSSR count). The summed E-state index contributed by atoms with van der Waals surface area (Å²) in [5.74, 6) is 1.14. The van der Waals surface area contributed by atoms with Crippen LogP contribution in [0.2, 0.25) is 5.02 Å². The molecule has 1 N–H and O–H groups in total. The van der Waals surface area contributed by atoms with Crippen molar-refractivity contribution < 1.29 is 23.7 Å². The maximum Gasteiger partial charge on any atom is 0.416 e. The van der Waals surface area contributed by atoms with Crippen LogP contribution >= 0.6 is 23.2 Å². The summed E-state index contributed by atoms with van der Waals surface area (Å²) in [4.78, 5) is 18.8. The number of alkyl halides is 1. The van der Waals surface area contributed by atoms with Crippen molar-refractivity contribution in [3.05, 3.63) is 80.9 Å². The summed E-state index contributed by atoms with van der Waals surface area (Å²) in [5.41, 5.74) is 3.10. The van der Waals surface area contributed by atoms with Crippen molar-refractivity contribution in [2.75, 3.05) is 26.4 Å². The summed E-state index contributed by atoms with van der Waals surface area (Å²) in [6, 6.07) is 14.2. The summed E-state index contributed by atoms with van der Waals surface area (Å²) in [6.07, 6.45) is 4.93. The molecule has 1 aliphatic carbocycles. The van der Waals surface area contributed by atoms with Crippen LogP contribution in [0.15, 0.2) is 48.5 Å². The number of aromatic nitrogens is 1. The van der Waals surface area contributed by atoms with E-state index < -0.39 is 6.09 Å². The molecule has 1 aromatic heterocycles. The second kappa shape index (κ2) is 10.4. The quantitative estimate of drug-likeness (QED) is 0.492. The van der Waals surface area contributed by atoms with E-state index >= 15 is 0 Å². The van der Waals surface area contributed by atoms with Crippen LogP contribution in [-0.2, 0) is 15.9 Å². The number of carbonyl (C=O) groups is 1. The average molecular weight is 541 g/mol. The molecule has 9 heteroatoms. The van der Waals surface area contributed by atoms with Crippen molar-refractivity contribution >= 4 is 41.4 Å². The van der Waals surface area contributed by atoms with Crippen LogP contribution < -0.4 is 20.0 Å². The van der Waals surface area contributed by atoms with Crippen LogP contribution in [0.5, 0.6) is 11.5 Å². The molecule has 192 valence electrons. The minimum atomic E-state index is -0.426. The average Bonchev–Trinajstić information content (AvgIpc) is 3.56. The van der Waals surface area contributed by atoms with Gasteiger partial charge in [0.15, 0.2) is 6.29 Å². The van der Waals surface area contributed by atoms with Gasteiger partial charge in [0, 0.05) is 27.8 Å². The van der Waals surface area contributed by atoms with E-state index in [1.54, 1.807) is 29.2 Å². The van der Waals surface area contributed by atoms with Gasteiger partial charge in [-0.1, -0.05) is 35.9 Å². The predicted molar refractivity (Wildman–Crippen MR) is 141 cm³/mol. The summed E-state index contributed by atoms with van der Waals surface area (Å²) < 4.78 is 22.5. The Hall–Kier alpha value is -2.97. The van der Waals surface area contributed by atoms with E-state index in [2.05, 4.69) is 17.1 Å². The molecule has 1 saturated heterocycles. The third-order valence-corrected chi connectivity index (χ3v) is 7.37. The van der Waals surface area contributed by atoms with Crippen molar-refractivity contribution in [1.82, 2.24) is 9.88 Å². The third-order valence-electron chi connectivity index (χ3n) is 6.82. The summed E-state index contributed by atoms with van der Waals surface area (Å²) in [7, 11) is 0. The van der Waals surface area contributed by atoms with Gasteiger partial charge in [0.25, 0.3) is 0 Å². The number of amides is 1. The highest BCUT2D eigenvalue weighted by Gasteiger charge is 2.35. The van der Waals surface area contributed by atoms with Crippen molar-refractivity contribution in [3.8, 4) is 11.5 Å². The fraction of sp³-hybridized carbons (Fsp3) is 0.321. The van der Waals surface area contributed by atoms with Crippen molar-refractivity contribution in [2.24, 2.45) is 0 Å². The molecule has 37 heavy (non-hydrogen) atoms. The topological polar surface area (TPSA) is 73.0 Å². The molecular weight excluding hydrogens is 515 g/mol. The number of aromatic amines is 1. The van der Waals surface area contributed by atoms with Crippen molar-refractivity contribution in [2.45, 2.75) is 30.6 Å². The SMILES string of the molecule is O=C(Oc1ccc(Cl)cc1)N1CCc2c([nH]c3c2=CC(Cl)CC=3)C1c1ccc(OCC2OCCO2)cc1. The standard InChI is InChI=1S/C28H26Cl2N2O5/c29-18-3-8-21(9-4-18)37-28(33)32-12-11-22-23-15-19(30)5-10-24(23)31-26(22)27(32)17-1-6-20(7-2-17)36-16-25-34-13-14-35-25/h1-4,6-10,15,19,25,27,31H,5,11-14,16H2. The zero-order valence-electron chi connectivity index (χ0n) is 20.0. The Morgan fingerprint density at radius 2 is 1.78 bits per heavy atom. The lowest BCUT2D eigenvalue weighted by Gasteiger charge is -2.35. The minimum Gasteiger partial charge on any atom is -0.488 e. The normalized spacial score (nSPS) is 21.0. The first-order valence-corrected chi connectivity index (χ1v) is 13.1. The largest absolute Gasteiger partial charge is 0.488 e. The number of carbonyl (C=O) groups excluding carboxylic acids is 1. The number of benzene rings is 2. The molecule has 0 spiro atoms. The summed E-state index contributed by atoms with van der Waals surface area (Å²) in [5, 5.41) is 2.73. The second-order valence-corrected chi connectivity index (χ2v) is 10.2. The molecular formula is C28H26Cl2N2O5. The molecule has 2 unspecified atom stereocenters. The van der Waals surface area contributed by atoms with Crippen molar-refractivity contribution in [1.29, 1.82) is 0 Å². The first-order chi connectivity index (χ1) is 18.0. The lowest BCUT2D eigenvalue weighted by molar-refractivity contribution is -0.0684. The Balaban J connectivity index is 1.32. The second-order valence-electron chi connectivity index (χ2n) is 9.19. The van der Waals surface area contributed by atoms with Gasteiger partial charge < -0.3 is 23.9 Å². The first-order valence-electron chi connectivity index (χ1n) is 12.3. The maximum absolute atomic E-state index is 13.4. The number of fused-ring (bicyclic) bond motifs is 3. The third kappa shape index (κ3) is 5.09. The lowest BCUT2D eigenvalue weighted by Crippen LogP contribution is -2.43. The summed E-state index contributed by atoms with van der Waals surface area (Å²) >= 11 is 12.4. The molecule has 0 radical (unpaired) electrons. The van der Waals surface area contributed by atoms with E-state index in [0.717, 1.165) is 28.2 Å². The number of rotatable bonds is 5. The van der Waals surface area contributed by atoms with Gasteiger partial charge in [0.05, 0.1) is 18.6 Å². The van der Waals surface area contributed by atoms with Crippen LogP contribution in [0.25, 0.3) is 12.2 Å². The molecule has 7 nitrogen and oxygen atoms in total. The molecule has 3 heterocycles. The van der Waals surface area contributed by atoms with Gasteiger partial charge in [-0.25, -0.2) is 4.79 Å². The zero-order chi connectivity index (χ0) is 25.4. The van der Waals surface area contributed by atoms with Crippen LogP contribution in [-0.4, -0.2) is 54.0 Å². The van der Waals surface area contributed by atoms with Crippen LogP contribution in [0.3, 0.4) is 0 Å². The molecule has 3 aromatic rings. The van der Waals surface area contributed by atoms with E-state index in [-0.39, 0.29) is 17.7 Å². The number of nitrogens with zero attached hydrogens (tertiary/aromatic N) is 1. The van der Waals surface area contributed by atoms with E-state index in [1.165, 1.54) is 5.56 Å². The number of ether oxygens (including phenoxy) is 4. The van der Waals surface area contributed by atoms with E-state index in [9.17, 15) is 4.79 Å². The molecule has 2 aliphatic heterocycles. The van der Waals surface area contributed by atoms with Crippen LogP contribution in [0.4, 0.5) is 4.79 Å². The van der Waals surface area contributed by atoms with Crippen molar-refractivity contribution in [3.63, 3.8) is 0 Å². The van der Waals surface area contributed by atoms with Gasteiger partial charge in [0.2, 0.25) is 0 Å². The monoisotopic (exact) mass is 540 g/mol. The predicted octanol–water partition coefficient (Wildman–Crippen LogP) is 4.14. The molecule has 0 bridgehead atoms. The van der Waals surface area contributed by atoms with Gasteiger partial charge in [-0.2, -0.15) is 0 Å². The number of H-pyrrole nitrogens is 1. The minimum absolute atomic E-state index is 0.0389. The van der Waals surface area contributed by atoms with E-state index in [1.807, 2.05) is 24.3 Å². The maximum atomic E-state index is 13.4. The van der Waals surface area contributed by atoms with Gasteiger partial charge in [-0.3, -0.25) is 4.90 Å². The Bertz CT molecular complexity index is 1400. The molecule has 2 aromatic carbocycles. The summed E-state index contributed by atoms with van der Waals surface area (Å²) in [6.45, 7) is 1.99. The van der Waals surface area contributed by atoms with E-state index in [4.69, 9.17) is 42.1 Å². The lowest BCUT2D eigenvalue weighted by atomic mass is 9.92. The number of hydrogen-bond acceptors (Lipinski definition) is 5. The first kappa shape index (κ1) is 24.4. The zero-order valence-corrected chi connectivity index (χ0v) is 21.5. The van der Waals surface area contributed by atoms with Gasteiger partial charge in [-0.15, -0.1) is 11.6 Å². The fourth-order valence-corrected chi connectivity index (χ4v) is 5.41. The molecule has 0 saturated carbocycles. The Morgan fingerprint density at radius 1 is 1.05 bits per heavy atom. The molecule has 3 aliphatic rings. The van der Waals surface area contributed by atoms with Crippen LogP contribution in [0, 0.1) is 0 Å². The number of nitrogens with one attached hydrogen (secondary N) is 1. The highest BCUT2D eigenvalue weighted by Crippen LogP contribution is 2.34. The highest BCUT2D eigenvalue weighted by atomic mass is 35.5. The Morgan fingerprint density at radius 3 is 2.54 bits per heavy atom.